The van der Waals surface area contributed by atoms with E-state index in [0.717, 1.165) is 12.1 Å². The van der Waals surface area contributed by atoms with Crippen molar-refractivity contribution in [2.45, 2.75) is 27.3 Å². The molecule has 15 heavy (non-hydrogen) atoms. The smallest absolute Gasteiger partial charge is 0.0659 e. The van der Waals surface area contributed by atoms with Crippen LogP contribution in [0.4, 0.5) is 0 Å². The van der Waals surface area contributed by atoms with Gasteiger partial charge in [-0.15, -0.1) is 0 Å². The quantitative estimate of drug-likeness (QED) is 0.686. The lowest BCUT2D eigenvalue weighted by atomic mass is 10.2. The van der Waals surface area contributed by atoms with E-state index in [2.05, 4.69) is 18.3 Å². The molecule has 0 aromatic carbocycles. The second-order valence-electron chi connectivity index (χ2n) is 2.90. The van der Waals surface area contributed by atoms with E-state index >= 15 is 0 Å². The maximum atomic E-state index is 4.18. The largest absolute Gasteiger partial charge is 0.268 e. The molecule has 0 saturated heterocycles. The molecule has 0 fully saturated rings. The molecule has 82 valence electrons. The van der Waals surface area contributed by atoms with Crippen molar-refractivity contribution in [2.24, 2.45) is 0 Å². The Hall–Kier alpha value is -1.57. The molecule has 0 unspecified atom stereocenters. The second-order valence-corrected chi connectivity index (χ2v) is 2.90. The molecular formula is C13H20N2. The van der Waals surface area contributed by atoms with Crippen molar-refractivity contribution < 1.29 is 0 Å². The standard InChI is InChI=1S/C11H14N2.C2H6/c1-4-6-11(5-2)9-13-8-10(3)7-12-13;1-2/h4-8H,1-2,9H2,3H3;1-2H3/b11-6+;. The topological polar surface area (TPSA) is 17.8 Å². The Morgan fingerprint density at radius 3 is 2.53 bits per heavy atom. The first-order chi connectivity index (χ1) is 7.26. The predicted octanol–water partition coefficient (Wildman–Crippen LogP) is 3.52. The zero-order valence-electron chi connectivity index (χ0n) is 9.90. The molecule has 1 heterocycles. The van der Waals surface area contributed by atoms with Crippen molar-refractivity contribution in [3.8, 4) is 0 Å². The Bertz CT molecular complexity index is 332. The lowest BCUT2D eigenvalue weighted by Gasteiger charge is -2.00. The molecule has 0 spiro atoms. The minimum Gasteiger partial charge on any atom is -0.268 e. The first kappa shape index (κ1) is 13.4. The van der Waals surface area contributed by atoms with Gasteiger partial charge in [-0.1, -0.05) is 45.2 Å². The Balaban J connectivity index is 0.000000921. The maximum absolute atomic E-state index is 4.18. The highest BCUT2D eigenvalue weighted by Crippen LogP contribution is 2.02. The van der Waals surface area contributed by atoms with Gasteiger partial charge in [0, 0.05) is 6.20 Å². The highest BCUT2D eigenvalue weighted by atomic mass is 15.3. The SMILES string of the molecule is C=C/C=C(\C=C)Cn1cc(C)cn1.CC. The number of hydrogen-bond acceptors (Lipinski definition) is 1. The van der Waals surface area contributed by atoms with Gasteiger partial charge < -0.3 is 0 Å². The molecule has 2 nitrogen and oxygen atoms in total. The predicted molar refractivity (Wildman–Crippen MR) is 66.8 cm³/mol. The third-order valence-electron chi connectivity index (χ3n) is 1.70. The summed E-state index contributed by atoms with van der Waals surface area (Å²) in [5.41, 5.74) is 2.28. The van der Waals surface area contributed by atoms with Gasteiger partial charge in [0.1, 0.15) is 0 Å². The number of nitrogens with zero attached hydrogens (tertiary/aromatic N) is 2. The molecule has 0 bridgehead atoms. The van der Waals surface area contributed by atoms with Gasteiger partial charge in [0.15, 0.2) is 0 Å². The Labute approximate surface area is 92.6 Å². The molecule has 0 aliphatic rings. The summed E-state index contributed by atoms with van der Waals surface area (Å²) < 4.78 is 1.88. The van der Waals surface area contributed by atoms with Crippen LogP contribution in [-0.4, -0.2) is 9.78 Å². The summed E-state index contributed by atoms with van der Waals surface area (Å²) in [7, 11) is 0. The number of aryl methyl sites for hydroxylation is 1. The monoisotopic (exact) mass is 204 g/mol. The molecule has 0 N–H and O–H groups in total. The Morgan fingerprint density at radius 2 is 2.13 bits per heavy atom. The zero-order valence-corrected chi connectivity index (χ0v) is 9.90. The third kappa shape index (κ3) is 5.01. The fraction of sp³-hybridized carbons (Fsp3) is 0.308. The fourth-order valence-electron chi connectivity index (χ4n) is 1.08. The lowest BCUT2D eigenvalue weighted by molar-refractivity contribution is 0.686. The van der Waals surface area contributed by atoms with Crippen LogP contribution in [0.15, 0.2) is 49.4 Å². The van der Waals surface area contributed by atoms with Crippen molar-refractivity contribution in [1.29, 1.82) is 0 Å². The van der Waals surface area contributed by atoms with Crippen LogP contribution in [0.25, 0.3) is 0 Å². The van der Waals surface area contributed by atoms with Crippen LogP contribution in [0, 0.1) is 6.92 Å². The van der Waals surface area contributed by atoms with Gasteiger partial charge in [-0.3, -0.25) is 4.68 Å². The molecule has 1 aromatic rings. The van der Waals surface area contributed by atoms with E-state index in [1.54, 1.807) is 6.08 Å². The highest BCUT2D eigenvalue weighted by molar-refractivity contribution is 5.21. The molecule has 0 atom stereocenters. The van der Waals surface area contributed by atoms with E-state index in [1.165, 1.54) is 5.56 Å². The van der Waals surface area contributed by atoms with Crippen LogP contribution in [0.2, 0.25) is 0 Å². The summed E-state index contributed by atoms with van der Waals surface area (Å²) in [4.78, 5) is 0. The summed E-state index contributed by atoms with van der Waals surface area (Å²) >= 11 is 0. The van der Waals surface area contributed by atoms with E-state index in [9.17, 15) is 0 Å². The summed E-state index contributed by atoms with van der Waals surface area (Å²) in [6.45, 7) is 14.1. The van der Waals surface area contributed by atoms with Crippen LogP contribution in [0.1, 0.15) is 19.4 Å². The number of allylic oxidation sites excluding steroid dienone is 4. The van der Waals surface area contributed by atoms with Gasteiger partial charge in [-0.2, -0.15) is 5.10 Å². The number of aromatic nitrogens is 2. The molecule has 0 aliphatic carbocycles. The second kappa shape index (κ2) is 7.80. The van der Waals surface area contributed by atoms with Gasteiger partial charge in [-0.25, -0.2) is 0 Å². The molecule has 0 amide bonds. The average molecular weight is 204 g/mol. The Morgan fingerprint density at radius 1 is 1.47 bits per heavy atom. The van der Waals surface area contributed by atoms with Gasteiger partial charge in [-0.05, 0) is 18.1 Å². The molecule has 0 aliphatic heterocycles. The van der Waals surface area contributed by atoms with Crippen LogP contribution < -0.4 is 0 Å². The molecule has 0 saturated carbocycles. The Kier molecular flexibility index (Phi) is 6.98. The zero-order chi connectivity index (χ0) is 11.7. The maximum Gasteiger partial charge on any atom is 0.0659 e. The van der Waals surface area contributed by atoms with Crippen LogP contribution >= 0.6 is 0 Å². The van der Waals surface area contributed by atoms with Gasteiger partial charge in [0.05, 0.1) is 12.7 Å². The van der Waals surface area contributed by atoms with E-state index in [1.807, 2.05) is 50.0 Å². The van der Waals surface area contributed by atoms with Crippen molar-refractivity contribution in [1.82, 2.24) is 9.78 Å². The highest BCUT2D eigenvalue weighted by Gasteiger charge is 1.95. The average Bonchev–Trinajstić information content (AvgIpc) is 2.66. The van der Waals surface area contributed by atoms with E-state index in [-0.39, 0.29) is 0 Å². The molecule has 0 radical (unpaired) electrons. The first-order valence-electron chi connectivity index (χ1n) is 5.19. The minimum absolute atomic E-state index is 0.753. The van der Waals surface area contributed by atoms with Gasteiger partial charge in [0.2, 0.25) is 0 Å². The van der Waals surface area contributed by atoms with Crippen molar-refractivity contribution in [2.75, 3.05) is 0 Å². The normalized spacial score (nSPS) is 10.2. The van der Waals surface area contributed by atoms with Crippen molar-refractivity contribution >= 4 is 0 Å². The van der Waals surface area contributed by atoms with Gasteiger partial charge >= 0.3 is 0 Å². The van der Waals surface area contributed by atoms with Crippen LogP contribution in [0.3, 0.4) is 0 Å². The van der Waals surface area contributed by atoms with Crippen LogP contribution in [0.5, 0.6) is 0 Å². The minimum atomic E-state index is 0.753. The third-order valence-corrected chi connectivity index (χ3v) is 1.70. The summed E-state index contributed by atoms with van der Waals surface area (Å²) in [5, 5.41) is 4.18. The van der Waals surface area contributed by atoms with E-state index in [4.69, 9.17) is 0 Å². The fourth-order valence-corrected chi connectivity index (χ4v) is 1.08. The van der Waals surface area contributed by atoms with Gasteiger partial charge in [0.25, 0.3) is 0 Å². The number of hydrogen-bond donors (Lipinski definition) is 0. The van der Waals surface area contributed by atoms with Crippen LogP contribution in [-0.2, 0) is 6.54 Å². The molecular weight excluding hydrogens is 184 g/mol. The summed E-state index contributed by atoms with van der Waals surface area (Å²) in [6.07, 6.45) is 9.35. The lowest BCUT2D eigenvalue weighted by Crippen LogP contribution is -1.99. The summed E-state index contributed by atoms with van der Waals surface area (Å²) in [5.74, 6) is 0. The van der Waals surface area contributed by atoms with Crippen molar-refractivity contribution in [3.05, 3.63) is 54.9 Å². The van der Waals surface area contributed by atoms with E-state index < -0.39 is 0 Å². The first-order valence-corrected chi connectivity index (χ1v) is 5.19. The molecule has 1 aromatic heterocycles. The molecule has 2 heteroatoms. The molecule has 1 rings (SSSR count). The van der Waals surface area contributed by atoms with Crippen molar-refractivity contribution in [3.63, 3.8) is 0 Å². The summed E-state index contributed by atoms with van der Waals surface area (Å²) in [6, 6.07) is 0. The van der Waals surface area contributed by atoms with E-state index in [0.29, 0.717) is 0 Å². The number of rotatable bonds is 4.